The van der Waals surface area contributed by atoms with Crippen molar-refractivity contribution >= 4 is 40.3 Å². The summed E-state index contributed by atoms with van der Waals surface area (Å²) in [4.78, 5) is 49.8. The van der Waals surface area contributed by atoms with Gasteiger partial charge in [0.05, 0.1) is 11.0 Å². The van der Waals surface area contributed by atoms with Crippen molar-refractivity contribution in [3.05, 3.63) is 58.7 Å². The molecular formula is C22H20N4O4S2. The number of rotatable bonds is 6. The second-order valence-electron chi connectivity index (χ2n) is 7.69. The number of ether oxygens (including phenoxy) is 1. The van der Waals surface area contributed by atoms with Crippen LogP contribution in [0.15, 0.2) is 47.4 Å². The number of carbonyl (C=O) groups excluding carboxylic acids is 3. The monoisotopic (exact) mass is 468 g/mol. The number of carbonyl (C=O) groups is 3. The lowest BCUT2D eigenvalue weighted by molar-refractivity contribution is -0.138. The maximum atomic E-state index is 13.5. The highest BCUT2D eigenvalue weighted by atomic mass is 32.1. The van der Waals surface area contributed by atoms with Crippen molar-refractivity contribution in [2.75, 3.05) is 13.2 Å². The molecule has 3 atom stereocenters. The predicted octanol–water partition coefficient (Wildman–Crippen LogP) is 2.18. The van der Waals surface area contributed by atoms with E-state index in [1.165, 1.54) is 11.3 Å². The Balaban J connectivity index is 1.37. The summed E-state index contributed by atoms with van der Waals surface area (Å²) in [5.74, 6) is -0.800. The van der Waals surface area contributed by atoms with E-state index in [0.29, 0.717) is 13.0 Å². The average molecular weight is 469 g/mol. The summed E-state index contributed by atoms with van der Waals surface area (Å²) in [6.45, 7) is 0.460. The minimum absolute atomic E-state index is 0.0308. The van der Waals surface area contributed by atoms with Crippen LogP contribution in [0, 0.1) is 0 Å². The molecule has 2 fully saturated rings. The van der Waals surface area contributed by atoms with Gasteiger partial charge < -0.3 is 15.0 Å². The molecule has 1 N–H and O–H groups in total. The SMILES string of the molecule is O=C(NC(Cc1cccnc1)C(=O)N1CCC2OCC(=O)C21)c1csc(-c2cccs2)n1. The third kappa shape index (κ3) is 4.08. The largest absolute Gasteiger partial charge is 0.368 e. The summed E-state index contributed by atoms with van der Waals surface area (Å²) < 4.78 is 5.51. The minimum atomic E-state index is -0.842. The summed E-state index contributed by atoms with van der Waals surface area (Å²) in [6.07, 6.45) is 3.95. The molecule has 2 aliphatic rings. The molecule has 8 nitrogen and oxygen atoms in total. The van der Waals surface area contributed by atoms with Crippen LogP contribution in [-0.2, 0) is 20.7 Å². The highest BCUT2D eigenvalue weighted by Crippen LogP contribution is 2.29. The number of aromatic nitrogens is 2. The van der Waals surface area contributed by atoms with Crippen LogP contribution in [0.3, 0.4) is 0 Å². The van der Waals surface area contributed by atoms with Gasteiger partial charge in [-0.1, -0.05) is 12.1 Å². The fourth-order valence-electron chi connectivity index (χ4n) is 4.12. The van der Waals surface area contributed by atoms with E-state index in [4.69, 9.17) is 4.74 Å². The maximum Gasteiger partial charge on any atom is 0.271 e. The third-order valence-corrected chi connectivity index (χ3v) is 7.51. The van der Waals surface area contributed by atoms with E-state index in [1.54, 1.807) is 40.1 Å². The van der Waals surface area contributed by atoms with E-state index < -0.39 is 18.0 Å². The first-order chi connectivity index (χ1) is 15.6. The summed E-state index contributed by atoms with van der Waals surface area (Å²) in [6, 6.07) is 6.11. The van der Waals surface area contributed by atoms with E-state index >= 15 is 0 Å². The van der Waals surface area contributed by atoms with Crippen LogP contribution in [0.25, 0.3) is 9.88 Å². The Morgan fingerprint density at radius 2 is 2.19 bits per heavy atom. The van der Waals surface area contributed by atoms with Crippen LogP contribution in [0.2, 0.25) is 0 Å². The van der Waals surface area contributed by atoms with E-state index in [2.05, 4.69) is 15.3 Å². The Labute approximate surface area is 192 Å². The Kier molecular flexibility index (Phi) is 5.81. The summed E-state index contributed by atoms with van der Waals surface area (Å²) >= 11 is 2.94. The molecule has 5 rings (SSSR count). The van der Waals surface area contributed by atoms with E-state index in [-0.39, 0.29) is 36.5 Å². The molecule has 164 valence electrons. The van der Waals surface area contributed by atoms with Gasteiger partial charge >= 0.3 is 0 Å². The molecule has 0 radical (unpaired) electrons. The number of pyridine rings is 1. The first kappa shape index (κ1) is 20.9. The molecule has 0 aromatic carbocycles. The quantitative estimate of drug-likeness (QED) is 0.595. The highest BCUT2D eigenvalue weighted by molar-refractivity contribution is 7.20. The lowest BCUT2D eigenvalue weighted by Crippen LogP contribution is -2.53. The summed E-state index contributed by atoms with van der Waals surface area (Å²) in [7, 11) is 0. The summed E-state index contributed by atoms with van der Waals surface area (Å²) in [5.41, 5.74) is 1.08. The van der Waals surface area contributed by atoms with Crippen LogP contribution >= 0.6 is 22.7 Å². The van der Waals surface area contributed by atoms with Crippen LogP contribution in [0.4, 0.5) is 0 Å². The van der Waals surface area contributed by atoms with Crippen LogP contribution in [0.5, 0.6) is 0 Å². The number of Topliss-reactive ketones (excluding diaryl/α,β-unsaturated/α-hetero) is 1. The second kappa shape index (κ2) is 8.89. The van der Waals surface area contributed by atoms with Gasteiger partial charge in [-0.15, -0.1) is 22.7 Å². The number of nitrogens with zero attached hydrogens (tertiary/aromatic N) is 3. The zero-order valence-corrected chi connectivity index (χ0v) is 18.6. The molecule has 2 amide bonds. The zero-order chi connectivity index (χ0) is 22.1. The van der Waals surface area contributed by atoms with Crippen LogP contribution < -0.4 is 5.32 Å². The van der Waals surface area contributed by atoms with Crippen molar-refractivity contribution in [1.82, 2.24) is 20.2 Å². The van der Waals surface area contributed by atoms with Gasteiger partial charge in [-0.3, -0.25) is 19.4 Å². The molecule has 10 heteroatoms. The third-order valence-electron chi connectivity index (χ3n) is 5.63. The van der Waals surface area contributed by atoms with Gasteiger partial charge in [-0.05, 0) is 29.5 Å². The number of likely N-dealkylation sites (tertiary alicyclic amines) is 1. The fourth-order valence-corrected chi connectivity index (χ4v) is 5.73. The number of hydrogen-bond acceptors (Lipinski definition) is 8. The van der Waals surface area contributed by atoms with E-state index in [1.807, 2.05) is 23.6 Å². The van der Waals surface area contributed by atoms with E-state index in [9.17, 15) is 14.4 Å². The Hall–Kier alpha value is -2.95. The number of nitrogens with one attached hydrogen (secondary N) is 1. The molecule has 3 aromatic heterocycles. The predicted molar refractivity (Wildman–Crippen MR) is 119 cm³/mol. The second-order valence-corrected chi connectivity index (χ2v) is 9.49. The van der Waals surface area contributed by atoms with Crippen molar-refractivity contribution in [3.8, 4) is 9.88 Å². The maximum absolute atomic E-state index is 13.5. The molecule has 3 unspecified atom stereocenters. The van der Waals surface area contributed by atoms with Gasteiger partial charge in [0, 0.05) is 30.7 Å². The fraction of sp³-hybridized carbons (Fsp3) is 0.318. The molecule has 3 aromatic rings. The summed E-state index contributed by atoms with van der Waals surface area (Å²) in [5, 5.41) is 7.26. The molecule has 2 saturated heterocycles. The number of ketones is 1. The lowest BCUT2D eigenvalue weighted by Gasteiger charge is -2.27. The first-order valence-corrected chi connectivity index (χ1v) is 12.0. The highest BCUT2D eigenvalue weighted by Gasteiger charge is 2.48. The number of fused-ring (bicyclic) bond motifs is 1. The van der Waals surface area contributed by atoms with Gasteiger partial charge in [0.25, 0.3) is 5.91 Å². The lowest BCUT2D eigenvalue weighted by atomic mass is 10.0. The van der Waals surface area contributed by atoms with Crippen molar-refractivity contribution in [1.29, 1.82) is 0 Å². The molecule has 0 aliphatic carbocycles. The molecule has 0 bridgehead atoms. The van der Waals surface area contributed by atoms with Crippen LogP contribution in [-0.4, -0.2) is 63.8 Å². The van der Waals surface area contributed by atoms with Crippen LogP contribution in [0.1, 0.15) is 22.5 Å². The zero-order valence-electron chi connectivity index (χ0n) is 17.0. The smallest absolute Gasteiger partial charge is 0.271 e. The van der Waals surface area contributed by atoms with Crippen molar-refractivity contribution < 1.29 is 19.1 Å². The molecule has 0 spiro atoms. The van der Waals surface area contributed by atoms with Gasteiger partial charge in [-0.25, -0.2) is 4.98 Å². The Bertz CT molecular complexity index is 1130. The topological polar surface area (TPSA) is 101 Å². The molecule has 0 saturated carbocycles. The van der Waals surface area contributed by atoms with Crippen molar-refractivity contribution in [3.63, 3.8) is 0 Å². The van der Waals surface area contributed by atoms with Gasteiger partial charge in [0.1, 0.15) is 29.4 Å². The molecular weight excluding hydrogens is 448 g/mol. The van der Waals surface area contributed by atoms with Crippen molar-refractivity contribution in [2.45, 2.75) is 31.0 Å². The van der Waals surface area contributed by atoms with Crippen molar-refractivity contribution in [2.24, 2.45) is 0 Å². The minimum Gasteiger partial charge on any atom is -0.368 e. The first-order valence-electron chi connectivity index (χ1n) is 10.2. The average Bonchev–Trinajstić information content (AvgIpc) is 3.59. The molecule has 32 heavy (non-hydrogen) atoms. The standard InChI is InChI=1S/C22H20N4O4S2/c27-16-11-30-17-5-7-26(19(16)17)22(29)14(9-13-3-1-6-23-10-13)24-20(28)15-12-32-21(25-15)18-4-2-8-31-18/h1-4,6,8,10,12,14,17,19H,5,7,9,11H2,(H,24,28). The van der Waals surface area contributed by atoms with E-state index in [0.717, 1.165) is 15.4 Å². The number of thiophene rings is 1. The van der Waals surface area contributed by atoms with Gasteiger partial charge in [-0.2, -0.15) is 0 Å². The number of amides is 2. The Morgan fingerprint density at radius 3 is 2.97 bits per heavy atom. The number of thiazole rings is 1. The normalized spacial score (nSPS) is 20.9. The van der Waals surface area contributed by atoms with Gasteiger partial charge in [0.15, 0.2) is 5.78 Å². The van der Waals surface area contributed by atoms with Gasteiger partial charge in [0.2, 0.25) is 5.91 Å². The number of hydrogen-bond donors (Lipinski definition) is 1. The molecule has 5 heterocycles. The Morgan fingerprint density at radius 1 is 1.28 bits per heavy atom. The molecule has 2 aliphatic heterocycles.